The quantitative estimate of drug-likeness (QED) is 0.879. The lowest BCUT2D eigenvalue weighted by Crippen LogP contribution is -2.38. The minimum absolute atomic E-state index is 0.207. The number of ether oxygens (including phenoxy) is 2. The summed E-state index contributed by atoms with van der Waals surface area (Å²) in [6, 6.07) is 6.88. The lowest BCUT2D eigenvalue weighted by Gasteiger charge is -2.22. The zero-order chi connectivity index (χ0) is 17.7. The highest BCUT2D eigenvalue weighted by molar-refractivity contribution is 5.74. The molecule has 1 heterocycles. The predicted octanol–water partition coefficient (Wildman–Crippen LogP) is 2.90. The van der Waals surface area contributed by atoms with Gasteiger partial charge in [-0.15, -0.1) is 0 Å². The summed E-state index contributed by atoms with van der Waals surface area (Å²) in [7, 11) is 4.89. The monoisotopic (exact) mass is 333 g/mol. The molecule has 2 amide bonds. The van der Waals surface area contributed by atoms with Crippen LogP contribution >= 0.6 is 0 Å². The number of nitrogens with zero attached hydrogens (tertiary/aromatic N) is 2. The summed E-state index contributed by atoms with van der Waals surface area (Å²) in [4.78, 5) is 13.9. The Balaban J connectivity index is 2.02. The average Bonchev–Trinajstić information content (AvgIpc) is 2.98. The highest BCUT2D eigenvalue weighted by atomic mass is 16.5. The zero-order valence-electron chi connectivity index (χ0n) is 14.6. The van der Waals surface area contributed by atoms with Crippen LogP contribution in [0.4, 0.5) is 4.79 Å². The van der Waals surface area contributed by atoms with E-state index in [1.165, 1.54) is 0 Å². The van der Waals surface area contributed by atoms with Crippen molar-refractivity contribution in [2.24, 2.45) is 0 Å². The van der Waals surface area contributed by atoms with E-state index in [1.807, 2.05) is 26.0 Å². The number of carbonyl (C=O) groups excluding carboxylic acids is 1. The zero-order valence-corrected chi connectivity index (χ0v) is 14.6. The summed E-state index contributed by atoms with van der Waals surface area (Å²) in [6.07, 6.45) is 0. The van der Waals surface area contributed by atoms with Gasteiger partial charge in [0.15, 0.2) is 0 Å². The molecule has 0 aliphatic rings. The molecule has 2 rings (SSSR count). The third-order valence-corrected chi connectivity index (χ3v) is 3.67. The molecule has 0 radical (unpaired) electrons. The molecule has 1 atom stereocenters. The number of aromatic nitrogens is 1. The van der Waals surface area contributed by atoms with Gasteiger partial charge in [0.05, 0.1) is 26.8 Å². The van der Waals surface area contributed by atoms with Crippen molar-refractivity contribution in [1.29, 1.82) is 0 Å². The first kappa shape index (κ1) is 17.7. The van der Waals surface area contributed by atoms with E-state index in [0.29, 0.717) is 23.7 Å². The lowest BCUT2D eigenvalue weighted by atomic mass is 10.1. The number of methoxy groups -OCH3 is 2. The number of aryl methyl sites for hydroxylation is 1. The van der Waals surface area contributed by atoms with Crippen LogP contribution < -0.4 is 14.8 Å². The fraction of sp³-hybridized carbons (Fsp3) is 0.412. The number of urea groups is 1. The van der Waals surface area contributed by atoms with Gasteiger partial charge in [-0.2, -0.15) is 0 Å². The third kappa shape index (κ3) is 4.18. The smallest absolute Gasteiger partial charge is 0.317 e. The molecule has 1 aromatic heterocycles. The molecule has 0 saturated carbocycles. The fourth-order valence-corrected chi connectivity index (χ4v) is 2.36. The van der Waals surface area contributed by atoms with E-state index in [-0.39, 0.29) is 12.1 Å². The van der Waals surface area contributed by atoms with Crippen molar-refractivity contribution < 1.29 is 18.8 Å². The van der Waals surface area contributed by atoms with Gasteiger partial charge in [0.1, 0.15) is 23.0 Å². The van der Waals surface area contributed by atoms with Crippen LogP contribution in [-0.4, -0.2) is 37.4 Å². The van der Waals surface area contributed by atoms with E-state index in [2.05, 4.69) is 10.5 Å². The number of benzene rings is 1. The Morgan fingerprint density at radius 3 is 2.67 bits per heavy atom. The highest BCUT2D eigenvalue weighted by Gasteiger charge is 2.18. The van der Waals surface area contributed by atoms with Gasteiger partial charge in [-0.1, -0.05) is 5.16 Å². The molecule has 7 heteroatoms. The van der Waals surface area contributed by atoms with Crippen molar-refractivity contribution in [3.8, 4) is 11.5 Å². The standard InChI is InChI=1S/C17H23N3O4/c1-11-8-13(19-24-11)10-20(3)17(21)18-12(2)15-7-6-14(22-4)9-16(15)23-5/h6-9,12H,10H2,1-5H3,(H,18,21). The van der Waals surface area contributed by atoms with Crippen molar-refractivity contribution in [2.75, 3.05) is 21.3 Å². The first-order valence-electron chi connectivity index (χ1n) is 7.60. The van der Waals surface area contributed by atoms with E-state index < -0.39 is 0 Å². The number of rotatable bonds is 6. The second-order valence-corrected chi connectivity index (χ2v) is 5.56. The Labute approximate surface area is 141 Å². The van der Waals surface area contributed by atoms with Crippen molar-refractivity contribution >= 4 is 6.03 Å². The normalized spacial score (nSPS) is 11.7. The predicted molar refractivity (Wildman–Crippen MR) is 89.2 cm³/mol. The van der Waals surface area contributed by atoms with Gasteiger partial charge < -0.3 is 24.2 Å². The second kappa shape index (κ2) is 7.72. The molecule has 7 nitrogen and oxygen atoms in total. The first-order valence-corrected chi connectivity index (χ1v) is 7.60. The van der Waals surface area contributed by atoms with Crippen LogP contribution in [0, 0.1) is 6.92 Å². The SMILES string of the molecule is COc1ccc(C(C)NC(=O)N(C)Cc2cc(C)on2)c(OC)c1. The van der Waals surface area contributed by atoms with Crippen LogP contribution in [0.5, 0.6) is 11.5 Å². The van der Waals surface area contributed by atoms with Crippen LogP contribution in [0.3, 0.4) is 0 Å². The van der Waals surface area contributed by atoms with E-state index in [9.17, 15) is 4.79 Å². The minimum atomic E-state index is -0.222. The van der Waals surface area contributed by atoms with Gasteiger partial charge >= 0.3 is 6.03 Å². The topological polar surface area (TPSA) is 76.8 Å². The number of carbonyl (C=O) groups is 1. The Morgan fingerprint density at radius 2 is 2.08 bits per heavy atom. The molecule has 0 aliphatic carbocycles. The maximum atomic E-state index is 12.4. The molecule has 0 bridgehead atoms. The van der Waals surface area contributed by atoms with Gasteiger partial charge in [0, 0.05) is 24.7 Å². The molecular formula is C17H23N3O4. The summed E-state index contributed by atoms with van der Waals surface area (Å²) in [5.41, 5.74) is 1.58. The molecule has 1 N–H and O–H groups in total. The van der Waals surface area contributed by atoms with Crippen LogP contribution in [0.1, 0.15) is 30.0 Å². The van der Waals surface area contributed by atoms with Crippen LogP contribution in [-0.2, 0) is 6.54 Å². The van der Waals surface area contributed by atoms with Crippen molar-refractivity contribution in [2.45, 2.75) is 26.4 Å². The van der Waals surface area contributed by atoms with Crippen LogP contribution in [0.15, 0.2) is 28.8 Å². The summed E-state index contributed by atoms with van der Waals surface area (Å²) in [5, 5.41) is 6.83. The first-order chi connectivity index (χ1) is 11.4. The van der Waals surface area contributed by atoms with Crippen LogP contribution in [0.25, 0.3) is 0 Å². The number of hydrogen-bond acceptors (Lipinski definition) is 5. The molecule has 2 aromatic rings. The highest BCUT2D eigenvalue weighted by Crippen LogP contribution is 2.29. The lowest BCUT2D eigenvalue weighted by molar-refractivity contribution is 0.202. The van der Waals surface area contributed by atoms with Gasteiger partial charge in [-0.25, -0.2) is 4.79 Å². The Kier molecular flexibility index (Phi) is 5.68. The maximum absolute atomic E-state index is 12.4. The van der Waals surface area contributed by atoms with Crippen molar-refractivity contribution in [3.05, 3.63) is 41.3 Å². The van der Waals surface area contributed by atoms with Crippen molar-refractivity contribution in [3.63, 3.8) is 0 Å². The molecular weight excluding hydrogens is 310 g/mol. The molecule has 0 aliphatic heterocycles. The Bertz CT molecular complexity index is 699. The molecule has 0 saturated heterocycles. The molecule has 0 fully saturated rings. The summed E-state index contributed by atoms with van der Waals surface area (Å²) in [6.45, 7) is 4.08. The number of amides is 2. The Morgan fingerprint density at radius 1 is 1.33 bits per heavy atom. The molecule has 0 spiro atoms. The summed E-state index contributed by atoms with van der Waals surface area (Å²) >= 11 is 0. The van der Waals surface area contributed by atoms with Crippen LogP contribution in [0.2, 0.25) is 0 Å². The van der Waals surface area contributed by atoms with Gasteiger partial charge in [0.25, 0.3) is 0 Å². The summed E-state index contributed by atoms with van der Waals surface area (Å²) < 4.78 is 15.6. The van der Waals surface area contributed by atoms with Gasteiger partial charge in [-0.05, 0) is 26.0 Å². The van der Waals surface area contributed by atoms with E-state index in [1.54, 1.807) is 38.3 Å². The Hall–Kier alpha value is -2.70. The maximum Gasteiger partial charge on any atom is 0.317 e. The van der Waals surface area contributed by atoms with E-state index in [0.717, 1.165) is 11.3 Å². The van der Waals surface area contributed by atoms with Gasteiger partial charge in [0.2, 0.25) is 0 Å². The summed E-state index contributed by atoms with van der Waals surface area (Å²) in [5.74, 6) is 2.08. The van der Waals surface area contributed by atoms with E-state index >= 15 is 0 Å². The fourth-order valence-electron chi connectivity index (χ4n) is 2.36. The van der Waals surface area contributed by atoms with Gasteiger partial charge in [-0.3, -0.25) is 0 Å². The largest absolute Gasteiger partial charge is 0.497 e. The van der Waals surface area contributed by atoms with Crippen molar-refractivity contribution in [1.82, 2.24) is 15.4 Å². The average molecular weight is 333 g/mol. The molecule has 1 aromatic carbocycles. The second-order valence-electron chi connectivity index (χ2n) is 5.56. The molecule has 24 heavy (non-hydrogen) atoms. The number of nitrogens with one attached hydrogen (secondary N) is 1. The molecule has 130 valence electrons. The third-order valence-electron chi connectivity index (χ3n) is 3.67. The number of hydrogen-bond donors (Lipinski definition) is 1. The molecule has 1 unspecified atom stereocenters. The minimum Gasteiger partial charge on any atom is -0.497 e. The van der Waals surface area contributed by atoms with E-state index in [4.69, 9.17) is 14.0 Å².